The van der Waals surface area contributed by atoms with Crippen LogP contribution in [0.4, 0.5) is 4.39 Å². The molecule has 3 rings (SSSR count). The topological polar surface area (TPSA) is 49.4 Å². The lowest BCUT2D eigenvalue weighted by Crippen LogP contribution is -2.45. The zero-order chi connectivity index (χ0) is 22.9. The Labute approximate surface area is 190 Å². The number of carbonyl (C=O) groups excluding carboxylic acids is 2. The zero-order valence-corrected chi connectivity index (χ0v) is 19.0. The quantitative estimate of drug-likeness (QED) is 0.523. The molecule has 2 aromatic carbocycles. The van der Waals surface area contributed by atoms with E-state index in [1.807, 2.05) is 44.2 Å². The summed E-state index contributed by atoms with van der Waals surface area (Å²) in [7, 11) is 0. The van der Waals surface area contributed by atoms with Crippen LogP contribution in [0.1, 0.15) is 63.1 Å². The van der Waals surface area contributed by atoms with Crippen molar-refractivity contribution >= 4 is 11.8 Å². The molecule has 1 atom stereocenters. The van der Waals surface area contributed by atoms with Gasteiger partial charge in [-0.15, -0.1) is 0 Å². The summed E-state index contributed by atoms with van der Waals surface area (Å²) in [6.07, 6.45) is 7.78. The van der Waals surface area contributed by atoms with Gasteiger partial charge in [0.25, 0.3) is 0 Å². The average molecular weight is 437 g/mol. The van der Waals surface area contributed by atoms with Gasteiger partial charge in [-0.1, -0.05) is 68.0 Å². The van der Waals surface area contributed by atoms with Gasteiger partial charge in [-0.05, 0) is 55.4 Å². The van der Waals surface area contributed by atoms with Gasteiger partial charge < -0.3 is 10.2 Å². The average Bonchev–Trinajstić information content (AvgIpc) is 2.81. The minimum Gasteiger partial charge on any atom is -0.354 e. The van der Waals surface area contributed by atoms with Gasteiger partial charge >= 0.3 is 0 Å². The molecular weight excluding hydrogens is 403 g/mol. The van der Waals surface area contributed by atoms with Crippen molar-refractivity contribution in [1.82, 2.24) is 10.2 Å². The van der Waals surface area contributed by atoms with Gasteiger partial charge in [0.05, 0.1) is 0 Å². The molecule has 0 spiro atoms. The lowest BCUT2D eigenvalue weighted by Gasteiger charge is -2.33. The molecule has 170 valence electrons. The Balaban J connectivity index is 1.84. The fraction of sp³-hybridized carbons (Fsp3) is 0.407. The summed E-state index contributed by atoms with van der Waals surface area (Å²) >= 11 is 0. The van der Waals surface area contributed by atoms with Gasteiger partial charge in [-0.25, -0.2) is 4.39 Å². The van der Waals surface area contributed by atoms with Gasteiger partial charge in [-0.3, -0.25) is 9.59 Å². The smallest absolute Gasteiger partial charge is 0.247 e. The first-order valence-electron chi connectivity index (χ1n) is 11.5. The lowest BCUT2D eigenvalue weighted by atomic mass is 9.97. The maximum Gasteiger partial charge on any atom is 0.247 e. The molecular formula is C27H33FN2O2. The van der Waals surface area contributed by atoms with Crippen LogP contribution in [0, 0.1) is 11.7 Å². The fourth-order valence-corrected chi connectivity index (χ4v) is 4.10. The van der Waals surface area contributed by atoms with Crippen molar-refractivity contribution < 1.29 is 14.0 Å². The van der Waals surface area contributed by atoms with Crippen molar-refractivity contribution in [3.63, 3.8) is 0 Å². The molecule has 0 saturated heterocycles. The first kappa shape index (κ1) is 23.7. The highest BCUT2D eigenvalue weighted by atomic mass is 19.1. The summed E-state index contributed by atoms with van der Waals surface area (Å²) in [5.41, 5.74) is 2.94. The van der Waals surface area contributed by atoms with Crippen molar-refractivity contribution in [2.75, 3.05) is 6.54 Å². The first-order chi connectivity index (χ1) is 15.5. The Morgan fingerprint density at radius 1 is 1.03 bits per heavy atom. The number of nitrogens with zero attached hydrogens (tertiary/aromatic N) is 1. The Morgan fingerprint density at radius 3 is 2.38 bits per heavy atom. The molecule has 4 nitrogen and oxygen atoms in total. The molecule has 0 unspecified atom stereocenters. The van der Waals surface area contributed by atoms with E-state index in [0.717, 1.165) is 30.4 Å². The Morgan fingerprint density at radius 2 is 1.75 bits per heavy atom. The number of benzene rings is 2. The number of amides is 2. The number of hydrogen-bond donors (Lipinski definition) is 1. The molecule has 2 amide bonds. The second kappa shape index (κ2) is 11.6. The summed E-state index contributed by atoms with van der Waals surface area (Å²) < 4.78 is 13.4. The Bertz CT molecular complexity index is 922. The molecule has 5 heteroatoms. The van der Waals surface area contributed by atoms with Crippen LogP contribution in [-0.4, -0.2) is 23.3 Å². The van der Waals surface area contributed by atoms with Crippen molar-refractivity contribution in [2.24, 2.45) is 5.92 Å². The molecule has 0 radical (unpaired) electrons. The Kier molecular flexibility index (Phi) is 8.60. The third-order valence-corrected chi connectivity index (χ3v) is 5.85. The van der Waals surface area contributed by atoms with Crippen molar-refractivity contribution in [3.05, 3.63) is 83.2 Å². The number of carbonyl (C=O) groups is 2. The Hall–Kier alpha value is -2.95. The van der Waals surface area contributed by atoms with Gasteiger partial charge in [-0.2, -0.15) is 0 Å². The molecule has 1 aliphatic carbocycles. The molecule has 0 saturated carbocycles. The van der Waals surface area contributed by atoms with Crippen LogP contribution in [0.5, 0.6) is 0 Å². The minimum absolute atomic E-state index is 0.117. The highest BCUT2D eigenvalue weighted by Crippen LogP contribution is 2.26. The molecule has 0 heterocycles. The predicted octanol–water partition coefficient (Wildman–Crippen LogP) is 5.56. The molecule has 0 fully saturated rings. The molecule has 1 aliphatic rings. The minimum atomic E-state index is -0.753. The van der Waals surface area contributed by atoms with Gasteiger partial charge in [0, 0.05) is 19.0 Å². The number of hydrogen-bond acceptors (Lipinski definition) is 2. The predicted molar refractivity (Wildman–Crippen MR) is 125 cm³/mol. The van der Waals surface area contributed by atoms with Crippen molar-refractivity contribution in [1.29, 1.82) is 0 Å². The van der Waals surface area contributed by atoms with E-state index in [1.54, 1.807) is 17.0 Å². The van der Waals surface area contributed by atoms with E-state index in [1.165, 1.54) is 30.5 Å². The van der Waals surface area contributed by atoms with E-state index in [0.29, 0.717) is 6.54 Å². The monoisotopic (exact) mass is 436 g/mol. The highest BCUT2D eigenvalue weighted by molar-refractivity contribution is 5.89. The van der Waals surface area contributed by atoms with E-state index < -0.39 is 6.04 Å². The number of rotatable bonds is 9. The molecule has 2 aromatic rings. The van der Waals surface area contributed by atoms with E-state index in [2.05, 4.69) is 11.4 Å². The number of allylic oxidation sites excluding steroid dienone is 1. The van der Waals surface area contributed by atoms with E-state index in [9.17, 15) is 14.0 Å². The number of halogens is 1. The maximum atomic E-state index is 13.4. The van der Waals surface area contributed by atoms with Crippen LogP contribution in [0.25, 0.3) is 0 Å². The third-order valence-electron chi connectivity index (χ3n) is 5.85. The van der Waals surface area contributed by atoms with Crippen LogP contribution >= 0.6 is 0 Å². The SMILES string of the molecule is CC(C)C(=O)N(Cc1ccc(F)cc1)[C@@H](C(=O)NCCC1=CCCCC1)c1ccccc1. The van der Waals surface area contributed by atoms with Crippen LogP contribution in [0.3, 0.4) is 0 Å². The van der Waals surface area contributed by atoms with Gasteiger partial charge in [0.15, 0.2) is 0 Å². The summed E-state index contributed by atoms with van der Waals surface area (Å²) in [4.78, 5) is 28.2. The van der Waals surface area contributed by atoms with Crippen LogP contribution in [-0.2, 0) is 16.1 Å². The van der Waals surface area contributed by atoms with Crippen LogP contribution in [0.15, 0.2) is 66.2 Å². The summed E-state index contributed by atoms with van der Waals surface area (Å²) in [6.45, 7) is 4.44. The van der Waals surface area contributed by atoms with E-state index in [-0.39, 0.29) is 30.1 Å². The summed E-state index contributed by atoms with van der Waals surface area (Å²) in [5.74, 6) is -0.913. The van der Waals surface area contributed by atoms with Gasteiger partial charge in [0.1, 0.15) is 11.9 Å². The van der Waals surface area contributed by atoms with Crippen LogP contribution < -0.4 is 5.32 Å². The largest absolute Gasteiger partial charge is 0.354 e. The summed E-state index contributed by atoms with van der Waals surface area (Å²) in [5, 5.41) is 3.06. The fourth-order valence-electron chi connectivity index (χ4n) is 4.10. The third kappa shape index (κ3) is 6.52. The second-order valence-corrected chi connectivity index (χ2v) is 8.71. The standard InChI is InChI=1S/C27H33FN2O2/c1-20(2)27(32)30(19-22-13-15-24(28)16-14-22)25(23-11-7-4-8-12-23)26(31)29-18-17-21-9-5-3-6-10-21/h4,7-9,11-16,20,25H,3,5-6,10,17-19H2,1-2H3,(H,29,31)/t25-/m1/s1. The summed E-state index contributed by atoms with van der Waals surface area (Å²) in [6, 6.07) is 14.7. The zero-order valence-electron chi connectivity index (χ0n) is 19.0. The maximum absolute atomic E-state index is 13.4. The molecule has 32 heavy (non-hydrogen) atoms. The van der Waals surface area contributed by atoms with E-state index >= 15 is 0 Å². The van der Waals surface area contributed by atoms with Crippen LogP contribution in [0.2, 0.25) is 0 Å². The van der Waals surface area contributed by atoms with Crippen molar-refractivity contribution in [3.8, 4) is 0 Å². The number of nitrogens with one attached hydrogen (secondary N) is 1. The van der Waals surface area contributed by atoms with E-state index in [4.69, 9.17) is 0 Å². The molecule has 0 aromatic heterocycles. The first-order valence-corrected chi connectivity index (χ1v) is 11.5. The lowest BCUT2D eigenvalue weighted by molar-refractivity contribution is -0.144. The highest BCUT2D eigenvalue weighted by Gasteiger charge is 2.32. The molecule has 0 bridgehead atoms. The molecule has 1 N–H and O–H groups in total. The second-order valence-electron chi connectivity index (χ2n) is 8.71. The van der Waals surface area contributed by atoms with Gasteiger partial charge in [0.2, 0.25) is 11.8 Å². The normalized spacial score (nSPS) is 14.6. The molecule has 0 aliphatic heterocycles. The van der Waals surface area contributed by atoms with Crippen molar-refractivity contribution in [2.45, 2.75) is 58.5 Å².